The van der Waals surface area contributed by atoms with Crippen LogP contribution in [0.4, 0.5) is 13.2 Å². The Morgan fingerprint density at radius 1 is 1.33 bits per heavy atom. The van der Waals surface area contributed by atoms with E-state index in [1.54, 1.807) is 6.92 Å². The van der Waals surface area contributed by atoms with E-state index >= 15 is 0 Å². The van der Waals surface area contributed by atoms with E-state index in [9.17, 15) is 17.4 Å². The van der Waals surface area contributed by atoms with E-state index in [0.717, 1.165) is 12.1 Å². The van der Waals surface area contributed by atoms with Gasteiger partial charge in [-0.3, -0.25) is 0 Å². The van der Waals surface area contributed by atoms with Gasteiger partial charge in [0.15, 0.2) is 0 Å². The summed E-state index contributed by atoms with van der Waals surface area (Å²) < 4.78 is 52.3. The molecule has 0 radical (unpaired) electrons. The number of nitrogens with zero attached hydrogens (tertiary/aromatic N) is 2. The maximum atomic E-state index is 12.4. The molecule has 0 saturated heterocycles. The van der Waals surface area contributed by atoms with Crippen LogP contribution in [0.15, 0.2) is 28.6 Å². The summed E-state index contributed by atoms with van der Waals surface area (Å²) in [5.41, 5.74) is -0.312. The van der Waals surface area contributed by atoms with Crippen LogP contribution in [0.3, 0.4) is 0 Å². The Kier molecular flexibility index (Phi) is 4.02. The van der Waals surface area contributed by atoms with Crippen molar-refractivity contribution in [1.82, 2.24) is 0 Å². The monoisotopic (exact) mass is 276 g/mol. The minimum absolute atomic E-state index is 0.453. The number of hydrogen-bond acceptors (Lipinski definition) is 3. The second-order valence-electron chi connectivity index (χ2n) is 3.81. The smallest absolute Gasteiger partial charge is 0.248 e. The van der Waals surface area contributed by atoms with E-state index in [1.165, 1.54) is 24.6 Å². The quantitative estimate of drug-likeness (QED) is 0.778. The third-order valence-corrected chi connectivity index (χ3v) is 4.61. The number of nitriles is 1. The van der Waals surface area contributed by atoms with Crippen LogP contribution < -0.4 is 0 Å². The maximum Gasteiger partial charge on any atom is 0.416 e. The molecular weight excluding hydrogens is 265 g/mol. The molecule has 7 heteroatoms. The maximum absolute atomic E-state index is 12.4. The number of alkyl halides is 3. The standard InChI is InChI=1S/C11H11F3N2OS/c1-8(18(2,17)16-7-15)9-3-5-10(6-4-9)11(12,13)14/h3-6,8H,1-2H3. The van der Waals surface area contributed by atoms with Gasteiger partial charge in [0, 0.05) is 6.26 Å². The summed E-state index contributed by atoms with van der Waals surface area (Å²) in [5.74, 6) is 0. The molecule has 1 aromatic carbocycles. The van der Waals surface area contributed by atoms with Gasteiger partial charge in [-0.05, 0) is 24.6 Å². The van der Waals surface area contributed by atoms with Crippen molar-refractivity contribution in [2.24, 2.45) is 4.36 Å². The average molecular weight is 276 g/mol. The molecule has 0 fully saturated rings. The molecule has 1 rings (SSSR count). The van der Waals surface area contributed by atoms with Gasteiger partial charge >= 0.3 is 6.18 Å². The third-order valence-electron chi connectivity index (χ3n) is 2.59. The van der Waals surface area contributed by atoms with Gasteiger partial charge in [-0.1, -0.05) is 12.1 Å². The van der Waals surface area contributed by atoms with Crippen molar-refractivity contribution in [3.05, 3.63) is 35.4 Å². The molecule has 0 aliphatic carbocycles. The van der Waals surface area contributed by atoms with E-state index in [0.29, 0.717) is 5.56 Å². The van der Waals surface area contributed by atoms with Gasteiger partial charge in [0.25, 0.3) is 0 Å². The van der Waals surface area contributed by atoms with Crippen LogP contribution in [0.5, 0.6) is 0 Å². The SMILES string of the molecule is CC(c1ccc(C(F)(F)F)cc1)S(C)(=O)=NC#N. The topological polar surface area (TPSA) is 53.2 Å². The summed E-state index contributed by atoms with van der Waals surface area (Å²) in [6, 6.07) is 4.36. The Morgan fingerprint density at radius 3 is 2.22 bits per heavy atom. The minimum Gasteiger partial charge on any atom is -0.248 e. The number of hydrogen-bond donors (Lipinski definition) is 0. The fraction of sp³-hybridized carbons (Fsp3) is 0.364. The van der Waals surface area contributed by atoms with Gasteiger partial charge in [-0.15, -0.1) is 4.36 Å². The van der Waals surface area contributed by atoms with Crippen LogP contribution in [0.1, 0.15) is 23.3 Å². The van der Waals surface area contributed by atoms with Crippen LogP contribution in [0, 0.1) is 11.5 Å². The Labute approximate surface area is 103 Å². The summed E-state index contributed by atoms with van der Waals surface area (Å²) >= 11 is 0. The van der Waals surface area contributed by atoms with Crippen molar-refractivity contribution in [2.75, 3.05) is 6.26 Å². The molecule has 98 valence electrons. The first kappa shape index (κ1) is 14.5. The lowest BCUT2D eigenvalue weighted by Crippen LogP contribution is -2.09. The molecule has 0 spiro atoms. The van der Waals surface area contributed by atoms with E-state index in [2.05, 4.69) is 4.36 Å². The highest BCUT2D eigenvalue weighted by atomic mass is 32.2. The molecule has 2 unspecified atom stereocenters. The summed E-state index contributed by atoms with van der Waals surface area (Å²) in [5, 5.41) is 7.79. The largest absolute Gasteiger partial charge is 0.416 e. The van der Waals surface area contributed by atoms with Gasteiger partial charge in [0.2, 0.25) is 6.19 Å². The highest BCUT2D eigenvalue weighted by Crippen LogP contribution is 2.31. The van der Waals surface area contributed by atoms with Crippen LogP contribution in [0.2, 0.25) is 0 Å². The Balaban J connectivity index is 3.12. The lowest BCUT2D eigenvalue weighted by Gasteiger charge is -2.14. The van der Waals surface area contributed by atoms with Crippen LogP contribution in [-0.4, -0.2) is 10.5 Å². The van der Waals surface area contributed by atoms with E-state index in [-0.39, 0.29) is 0 Å². The average Bonchev–Trinajstić information content (AvgIpc) is 2.27. The number of benzene rings is 1. The van der Waals surface area contributed by atoms with Gasteiger partial charge in [-0.25, -0.2) is 4.21 Å². The fourth-order valence-corrected chi connectivity index (χ4v) is 2.34. The van der Waals surface area contributed by atoms with Crippen molar-refractivity contribution in [3.8, 4) is 6.19 Å². The Hall–Kier alpha value is -1.55. The fourth-order valence-electron chi connectivity index (χ4n) is 1.36. The molecular formula is C11H11F3N2OS. The molecule has 0 heterocycles. The molecule has 0 N–H and O–H groups in total. The first-order valence-corrected chi connectivity index (χ1v) is 6.93. The summed E-state index contributed by atoms with van der Waals surface area (Å²) in [6.07, 6.45) is -1.63. The summed E-state index contributed by atoms with van der Waals surface area (Å²) in [4.78, 5) is 0. The molecule has 0 amide bonds. The first-order chi connectivity index (χ1) is 8.18. The Bertz CT molecular complexity index is 578. The van der Waals surface area contributed by atoms with Crippen molar-refractivity contribution in [2.45, 2.75) is 18.3 Å². The zero-order chi connectivity index (χ0) is 14.0. The van der Waals surface area contributed by atoms with Crippen molar-refractivity contribution in [1.29, 1.82) is 5.26 Å². The lowest BCUT2D eigenvalue weighted by atomic mass is 10.1. The normalized spacial score (nSPS) is 16.4. The lowest BCUT2D eigenvalue weighted by molar-refractivity contribution is -0.137. The van der Waals surface area contributed by atoms with Crippen LogP contribution in [0.25, 0.3) is 0 Å². The molecule has 0 aliphatic heterocycles. The van der Waals surface area contributed by atoms with Crippen molar-refractivity contribution >= 4 is 9.73 Å². The molecule has 2 atom stereocenters. The Morgan fingerprint density at radius 2 is 1.83 bits per heavy atom. The molecule has 0 aromatic heterocycles. The van der Waals surface area contributed by atoms with Crippen LogP contribution in [-0.2, 0) is 15.9 Å². The second kappa shape index (κ2) is 4.98. The highest BCUT2D eigenvalue weighted by Gasteiger charge is 2.30. The molecule has 1 aromatic rings. The van der Waals surface area contributed by atoms with Crippen LogP contribution >= 0.6 is 0 Å². The highest BCUT2D eigenvalue weighted by molar-refractivity contribution is 7.93. The minimum atomic E-state index is -4.40. The zero-order valence-corrected chi connectivity index (χ0v) is 10.5. The molecule has 0 saturated carbocycles. The van der Waals surface area contributed by atoms with E-state index in [4.69, 9.17) is 5.26 Å². The zero-order valence-electron chi connectivity index (χ0n) is 9.73. The molecule has 3 nitrogen and oxygen atoms in total. The predicted octanol–water partition coefficient (Wildman–Crippen LogP) is 3.35. The van der Waals surface area contributed by atoms with Crippen molar-refractivity contribution in [3.63, 3.8) is 0 Å². The predicted molar refractivity (Wildman–Crippen MR) is 62.0 cm³/mol. The number of halogens is 3. The third kappa shape index (κ3) is 3.23. The number of rotatable bonds is 2. The molecule has 0 aliphatic rings. The summed E-state index contributed by atoms with van der Waals surface area (Å²) in [7, 11) is -2.78. The van der Waals surface area contributed by atoms with E-state index < -0.39 is 26.7 Å². The summed E-state index contributed by atoms with van der Waals surface area (Å²) in [6.45, 7) is 1.56. The molecule has 0 bridgehead atoms. The van der Waals surface area contributed by atoms with Gasteiger partial charge in [0.1, 0.15) is 0 Å². The van der Waals surface area contributed by atoms with Gasteiger partial charge < -0.3 is 0 Å². The first-order valence-electron chi connectivity index (χ1n) is 4.94. The molecule has 18 heavy (non-hydrogen) atoms. The van der Waals surface area contributed by atoms with Gasteiger partial charge in [-0.2, -0.15) is 18.4 Å². The van der Waals surface area contributed by atoms with E-state index in [1.807, 2.05) is 0 Å². The second-order valence-corrected chi connectivity index (χ2v) is 6.43. The van der Waals surface area contributed by atoms with Crippen molar-refractivity contribution < 1.29 is 17.4 Å². The van der Waals surface area contributed by atoms with Gasteiger partial charge in [0.05, 0.1) is 20.5 Å².